The molecule has 0 saturated carbocycles. The average molecular weight is 876 g/mol. The molecule has 0 radical (unpaired) electrons. The minimum absolute atomic E-state index is 0.0734. The molecule has 0 aliphatic rings. The Balaban J connectivity index is 2.46. The predicted molar refractivity (Wildman–Crippen MR) is 242 cm³/mol. The fourth-order valence-corrected chi connectivity index (χ4v) is 6.57. The van der Waals surface area contributed by atoms with Crippen molar-refractivity contribution in [2.24, 2.45) is 0 Å². The van der Waals surface area contributed by atoms with Gasteiger partial charge in [0.1, 0.15) is 31.3 Å². The van der Waals surface area contributed by atoms with Crippen molar-refractivity contribution in [3.63, 3.8) is 0 Å². The Morgan fingerprint density at radius 2 is 1.33 bits per heavy atom. The van der Waals surface area contributed by atoms with Crippen molar-refractivity contribution in [3.05, 3.63) is 95.6 Å². The van der Waals surface area contributed by atoms with Crippen molar-refractivity contribution < 1.29 is 56.7 Å². The molecule has 12 nitrogen and oxygen atoms in total. The van der Waals surface area contributed by atoms with E-state index in [0.29, 0.717) is 43.1 Å². The summed E-state index contributed by atoms with van der Waals surface area (Å²) in [6.07, 6.45) is 31.6. The third kappa shape index (κ3) is 30.4. The summed E-state index contributed by atoms with van der Waals surface area (Å²) in [6, 6.07) is 0. The number of unbranched alkanes of at least 4 members (excludes halogenated alkanes) is 5. The highest BCUT2D eigenvalue weighted by molar-refractivity contribution is 7.45. The van der Waals surface area contributed by atoms with E-state index in [1.165, 1.54) is 11.1 Å². The number of esters is 2. The minimum Gasteiger partial charge on any atom is -0.756 e. The number of carbonyl (C=O) groups excluding carboxylic acids is 2. The van der Waals surface area contributed by atoms with Gasteiger partial charge in [-0.25, -0.2) is 0 Å². The maximum atomic E-state index is 12.7. The first kappa shape index (κ1) is 55.7. The molecule has 0 aliphatic carbocycles. The summed E-state index contributed by atoms with van der Waals surface area (Å²) in [4.78, 5) is 37.7. The predicted octanol–water partition coefficient (Wildman–Crippen LogP) is 9.20. The second-order valence-electron chi connectivity index (χ2n) is 16.3. The SMILES string of the molecule is CC/C=C\C[C@@H](O)/C=C/C=C\C=C\[C@@H](O)C/C=C\C/C=C\CCC(=O)OC[C@H](COP(=O)([O-])OCC[N+](C)(C)C)OC(=O)CCCCCCCCc1oc(CCC)c(C)c1C. The molecule has 1 rings (SSSR count). The fraction of sp³-hybridized carbons (Fsp3) is 0.625. The molecule has 0 saturated heterocycles. The van der Waals surface area contributed by atoms with Crippen LogP contribution in [-0.4, -0.2) is 92.5 Å². The van der Waals surface area contributed by atoms with Gasteiger partial charge in [-0.15, -0.1) is 0 Å². The van der Waals surface area contributed by atoms with Gasteiger partial charge in [0.2, 0.25) is 0 Å². The van der Waals surface area contributed by atoms with E-state index < -0.39 is 44.7 Å². The summed E-state index contributed by atoms with van der Waals surface area (Å²) in [7, 11) is 1.02. The van der Waals surface area contributed by atoms with Crippen LogP contribution in [0.15, 0.2) is 77.3 Å². The van der Waals surface area contributed by atoms with Crippen LogP contribution in [0.5, 0.6) is 0 Å². The van der Waals surface area contributed by atoms with E-state index in [9.17, 15) is 29.3 Å². The topological polar surface area (TPSA) is 165 Å². The van der Waals surface area contributed by atoms with E-state index in [0.717, 1.165) is 69.3 Å². The van der Waals surface area contributed by atoms with Crippen molar-refractivity contribution in [2.45, 2.75) is 149 Å². The van der Waals surface area contributed by atoms with Crippen LogP contribution in [-0.2, 0) is 45.5 Å². The molecule has 0 amide bonds. The van der Waals surface area contributed by atoms with Crippen LogP contribution in [0.2, 0.25) is 0 Å². The molecule has 0 fully saturated rings. The smallest absolute Gasteiger partial charge is 0.306 e. The first-order valence-electron chi connectivity index (χ1n) is 22.2. The van der Waals surface area contributed by atoms with Gasteiger partial charge in [0, 0.05) is 25.7 Å². The number of likely N-dealkylation sites (N-methyl/N-ethyl adjacent to an activating group) is 1. The van der Waals surface area contributed by atoms with Crippen LogP contribution < -0.4 is 4.89 Å². The Morgan fingerprint density at radius 1 is 0.738 bits per heavy atom. The first-order valence-corrected chi connectivity index (χ1v) is 23.7. The van der Waals surface area contributed by atoms with Crippen molar-refractivity contribution in [1.29, 1.82) is 0 Å². The van der Waals surface area contributed by atoms with Crippen LogP contribution in [0.1, 0.15) is 126 Å². The van der Waals surface area contributed by atoms with Gasteiger partial charge in [0.25, 0.3) is 7.82 Å². The van der Waals surface area contributed by atoms with Crippen molar-refractivity contribution >= 4 is 19.8 Å². The standard InChI is InChI=1S/C48H78NO11P/c1-8-10-21-29-42(50)31-23-19-20-24-32-43(51)30-22-15-11-13-17-26-34-47(52)56-38-44(39-58-61(54,55)57-37-36-49(5,6)7)59-48(53)35-27-18-14-12-16-25-33-46-41(4)40(3)45(60-46)28-9-2/h10,13,15,17,19-24,31-32,42-44,50-51H,8-9,11-12,14,16,18,25-30,33-39H2,1-7H3/b17-13-,20-19-,21-10-,22-15-,31-23+,32-24+/t42-,43+,44-/m1/s1. The number of furan rings is 1. The highest BCUT2D eigenvalue weighted by atomic mass is 31.2. The number of hydrogen-bond donors (Lipinski definition) is 2. The lowest BCUT2D eigenvalue weighted by Crippen LogP contribution is -2.37. The van der Waals surface area contributed by atoms with Crippen LogP contribution >= 0.6 is 7.82 Å². The number of aryl methyl sites for hydroxylation is 2. The number of carbonyl (C=O) groups is 2. The number of aliphatic hydroxyl groups excluding tert-OH is 2. The highest BCUT2D eigenvalue weighted by Crippen LogP contribution is 2.38. The van der Waals surface area contributed by atoms with Crippen molar-refractivity contribution in [2.75, 3.05) is 47.5 Å². The molecular weight excluding hydrogens is 797 g/mol. The van der Waals surface area contributed by atoms with Gasteiger partial charge in [-0.05, 0) is 76.3 Å². The van der Waals surface area contributed by atoms with E-state index >= 15 is 0 Å². The van der Waals surface area contributed by atoms with Gasteiger partial charge in [-0.1, -0.05) is 112 Å². The Kier molecular flexibility index (Phi) is 30.3. The zero-order valence-corrected chi connectivity index (χ0v) is 39.2. The molecule has 1 unspecified atom stereocenters. The summed E-state index contributed by atoms with van der Waals surface area (Å²) in [5.41, 5.74) is 2.54. The molecule has 0 spiro atoms. The number of rotatable bonds is 35. The Bertz CT molecular complexity index is 1580. The molecule has 0 aliphatic heterocycles. The molecule has 1 aromatic heterocycles. The third-order valence-corrected chi connectivity index (χ3v) is 10.6. The van der Waals surface area contributed by atoms with Crippen LogP contribution in [0.3, 0.4) is 0 Å². The number of phosphoric acid groups is 1. The average Bonchev–Trinajstić information content (AvgIpc) is 3.46. The second-order valence-corrected chi connectivity index (χ2v) is 17.7. The molecule has 2 N–H and O–H groups in total. The molecule has 0 aromatic carbocycles. The van der Waals surface area contributed by atoms with Gasteiger partial charge in [0.15, 0.2) is 6.10 Å². The number of hydrogen-bond acceptors (Lipinski definition) is 11. The summed E-state index contributed by atoms with van der Waals surface area (Å²) >= 11 is 0. The van der Waals surface area contributed by atoms with E-state index in [1.54, 1.807) is 36.5 Å². The van der Waals surface area contributed by atoms with Crippen molar-refractivity contribution in [3.8, 4) is 0 Å². The normalized spacial score (nSPS) is 15.2. The Hall–Kier alpha value is -3.35. The minimum atomic E-state index is -4.69. The zero-order chi connectivity index (χ0) is 45.4. The molecule has 0 bridgehead atoms. The highest BCUT2D eigenvalue weighted by Gasteiger charge is 2.22. The van der Waals surface area contributed by atoms with Crippen LogP contribution in [0.25, 0.3) is 0 Å². The maximum absolute atomic E-state index is 12.7. The molecule has 4 atom stereocenters. The number of aliphatic hydroxyl groups is 2. The Labute approximate surface area is 367 Å². The quantitative estimate of drug-likeness (QED) is 0.0167. The van der Waals surface area contributed by atoms with E-state index in [1.807, 2.05) is 64.5 Å². The molecule has 61 heavy (non-hydrogen) atoms. The second kappa shape index (κ2) is 33.2. The molecular formula is C48H78NO11P. The van der Waals surface area contributed by atoms with E-state index in [-0.39, 0.29) is 26.1 Å². The number of phosphoric ester groups is 1. The number of allylic oxidation sites excluding steroid dienone is 8. The zero-order valence-electron chi connectivity index (χ0n) is 38.3. The summed E-state index contributed by atoms with van der Waals surface area (Å²) < 4.78 is 39.9. The molecule has 1 aromatic rings. The monoisotopic (exact) mass is 876 g/mol. The number of ether oxygens (including phenoxy) is 2. The van der Waals surface area contributed by atoms with E-state index in [2.05, 4.69) is 20.8 Å². The molecule has 13 heteroatoms. The van der Waals surface area contributed by atoms with Gasteiger partial charge in [-0.2, -0.15) is 0 Å². The van der Waals surface area contributed by atoms with Crippen LogP contribution in [0.4, 0.5) is 0 Å². The molecule has 346 valence electrons. The van der Waals surface area contributed by atoms with Gasteiger partial charge in [-0.3, -0.25) is 14.2 Å². The largest absolute Gasteiger partial charge is 0.756 e. The van der Waals surface area contributed by atoms with Gasteiger partial charge < -0.3 is 42.5 Å². The summed E-state index contributed by atoms with van der Waals surface area (Å²) in [6.45, 7) is 7.94. The van der Waals surface area contributed by atoms with Gasteiger partial charge in [0.05, 0.1) is 40.0 Å². The number of nitrogens with zero attached hydrogens (tertiary/aromatic N) is 1. The maximum Gasteiger partial charge on any atom is 0.306 e. The van der Waals surface area contributed by atoms with Gasteiger partial charge >= 0.3 is 11.9 Å². The lowest BCUT2D eigenvalue weighted by atomic mass is 10.0. The Morgan fingerprint density at radius 3 is 1.95 bits per heavy atom. The summed E-state index contributed by atoms with van der Waals surface area (Å²) in [5, 5.41) is 20.0. The lowest BCUT2D eigenvalue weighted by Gasteiger charge is -2.28. The van der Waals surface area contributed by atoms with Crippen LogP contribution in [0, 0.1) is 13.8 Å². The number of quaternary nitrogens is 1. The molecule has 1 heterocycles. The fourth-order valence-electron chi connectivity index (χ4n) is 5.84. The summed E-state index contributed by atoms with van der Waals surface area (Å²) in [5.74, 6) is 1.15. The van der Waals surface area contributed by atoms with E-state index in [4.69, 9.17) is 22.9 Å². The third-order valence-electron chi connectivity index (χ3n) is 9.59. The first-order chi connectivity index (χ1) is 29.1. The lowest BCUT2D eigenvalue weighted by molar-refractivity contribution is -0.870. The van der Waals surface area contributed by atoms with Crippen molar-refractivity contribution in [1.82, 2.24) is 0 Å².